The van der Waals surface area contributed by atoms with Crippen molar-refractivity contribution in [1.82, 2.24) is 9.97 Å². The van der Waals surface area contributed by atoms with Gasteiger partial charge in [-0.25, -0.2) is 4.98 Å². The van der Waals surface area contributed by atoms with E-state index in [1.165, 1.54) is 12.3 Å². The Bertz CT molecular complexity index is 686. The lowest BCUT2D eigenvalue weighted by Crippen LogP contribution is -2.17. The Morgan fingerprint density at radius 3 is 2.83 bits per heavy atom. The molecule has 2 aromatic heterocycles. The maximum Gasteiger partial charge on any atom is 0.279 e. The normalized spacial score (nSPS) is 11.4. The fourth-order valence-electron chi connectivity index (χ4n) is 1.29. The Morgan fingerprint density at radius 1 is 1.56 bits per heavy atom. The van der Waals surface area contributed by atoms with Crippen LogP contribution in [0.2, 0.25) is 0 Å². The molecule has 0 aliphatic rings. The molecule has 0 aromatic carbocycles. The fourth-order valence-corrected chi connectivity index (χ4v) is 3.39. The van der Waals surface area contributed by atoms with Gasteiger partial charge in [-0.1, -0.05) is 0 Å². The van der Waals surface area contributed by atoms with E-state index in [-0.39, 0.29) is 15.6 Å². The Labute approximate surface area is 107 Å². The van der Waals surface area contributed by atoms with E-state index >= 15 is 0 Å². The maximum atomic E-state index is 12.0. The van der Waals surface area contributed by atoms with Crippen molar-refractivity contribution in [3.05, 3.63) is 29.0 Å². The van der Waals surface area contributed by atoms with Crippen LogP contribution in [0.15, 0.2) is 22.7 Å². The number of nitrogens with two attached hydrogens (primary N) is 1. The second-order valence-electron chi connectivity index (χ2n) is 3.47. The number of carbonyl (C=O) groups is 1. The zero-order valence-corrected chi connectivity index (χ0v) is 10.9. The topological polar surface area (TPSA) is 118 Å². The van der Waals surface area contributed by atoms with Gasteiger partial charge in [0.2, 0.25) is 0 Å². The summed E-state index contributed by atoms with van der Waals surface area (Å²) in [6, 6.07) is 1.46. The minimum atomic E-state index is -3.78. The van der Waals surface area contributed by atoms with Crippen LogP contribution < -0.4 is 10.5 Å². The molecule has 0 fully saturated rings. The lowest BCUT2D eigenvalue weighted by atomic mass is 10.3. The lowest BCUT2D eigenvalue weighted by molar-refractivity contribution is 0.100. The molecule has 2 heterocycles. The van der Waals surface area contributed by atoms with Crippen molar-refractivity contribution in [2.45, 2.75) is 11.9 Å². The molecule has 0 aliphatic carbocycles. The number of anilines is 1. The van der Waals surface area contributed by atoms with Crippen LogP contribution in [0.3, 0.4) is 0 Å². The molecule has 4 N–H and O–H groups in total. The van der Waals surface area contributed by atoms with Crippen molar-refractivity contribution < 1.29 is 13.2 Å². The average Bonchev–Trinajstić information content (AvgIpc) is 2.86. The third kappa shape index (κ3) is 2.36. The third-order valence-electron chi connectivity index (χ3n) is 2.13. The number of rotatable bonds is 4. The number of nitrogens with zero attached hydrogens (tertiary/aromatic N) is 1. The molecule has 18 heavy (non-hydrogen) atoms. The van der Waals surface area contributed by atoms with Crippen molar-refractivity contribution in [3.8, 4) is 0 Å². The number of nitrogens with one attached hydrogen (secondary N) is 2. The number of hydrogen-bond acceptors (Lipinski definition) is 5. The summed E-state index contributed by atoms with van der Waals surface area (Å²) >= 11 is 1.08. The molecule has 2 rings (SSSR count). The SMILES string of the molecule is Cc1ncc(S(=O)(=O)Nc2sccc2C(N)=O)[nH]1. The summed E-state index contributed by atoms with van der Waals surface area (Å²) in [5.74, 6) is -0.202. The first-order valence-corrected chi connectivity index (χ1v) is 7.18. The summed E-state index contributed by atoms with van der Waals surface area (Å²) in [4.78, 5) is 17.5. The Balaban J connectivity index is 2.34. The number of hydrogen-bond donors (Lipinski definition) is 3. The first-order chi connectivity index (χ1) is 8.40. The zero-order valence-electron chi connectivity index (χ0n) is 9.30. The van der Waals surface area contributed by atoms with E-state index in [0.29, 0.717) is 5.82 Å². The minimum absolute atomic E-state index is 0.0659. The molecular formula is C9H10N4O3S2. The molecule has 9 heteroatoms. The smallest absolute Gasteiger partial charge is 0.279 e. The summed E-state index contributed by atoms with van der Waals surface area (Å²) in [5, 5.41) is 1.70. The minimum Gasteiger partial charge on any atom is -0.366 e. The fraction of sp³-hybridized carbons (Fsp3) is 0.111. The number of aryl methyl sites for hydroxylation is 1. The largest absolute Gasteiger partial charge is 0.366 e. The molecular weight excluding hydrogens is 276 g/mol. The second kappa shape index (κ2) is 4.42. The van der Waals surface area contributed by atoms with Gasteiger partial charge < -0.3 is 10.7 Å². The van der Waals surface area contributed by atoms with Gasteiger partial charge >= 0.3 is 0 Å². The average molecular weight is 286 g/mol. The maximum absolute atomic E-state index is 12.0. The third-order valence-corrected chi connectivity index (χ3v) is 4.35. The van der Waals surface area contributed by atoms with Gasteiger partial charge in [0.05, 0.1) is 11.8 Å². The van der Waals surface area contributed by atoms with Crippen LogP contribution in [0, 0.1) is 6.92 Å². The molecule has 0 aliphatic heterocycles. The van der Waals surface area contributed by atoms with E-state index < -0.39 is 15.9 Å². The van der Waals surface area contributed by atoms with Crippen molar-refractivity contribution >= 4 is 32.3 Å². The van der Waals surface area contributed by atoms with Gasteiger partial charge in [-0.05, 0) is 18.4 Å². The highest BCUT2D eigenvalue weighted by molar-refractivity contribution is 7.92. The van der Waals surface area contributed by atoms with Crippen LogP contribution in [0.25, 0.3) is 0 Å². The monoisotopic (exact) mass is 286 g/mol. The van der Waals surface area contributed by atoms with Crippen LogP contribution in [-0.4, -0.2) is 24.3 Å². The molecule has 0 radical (unpaired) electrons. The second-order valence-corrected chi connectivity index (χ2v) is 6.03. The van der Waals surface area contributed by atoms with Crippen molar-refractivity contribution in [2.24, 2.45) is 5.73 Å². The van der Waals surface area contributed by atoms with Gasteiger partial charge in [-0.3, -0.25) is 9.52 Å². The Morgan fingerprint density at radius 2 is 2.28 bits per heavy atom. The summed E-state index contributed by atoms with van der Waals surface area (Å²) in [7, 11) is -3.78. The first kappa shape index (κ1) is 12.6. The van der Waals surface area contributed by atoms with E-state index in [0.717, 1.165) is 11.3 Å². The highest BCUT2D eigenvalue weighted by Crippen LogP contribution is 2.25. The number of primary amides is 1. The van der Waals surface area contributed by atoms with E-state index in [9.17, 15) is 13.2 Å². The number of imidazole rings is 1. The number of H-pyrrole nitrogens is 1. The highest BCUT2D eigenvalue weighted by atomic mass is 32.2. The molecule has 1 amide bonds. The standard InChI is InChI=1S/C9H10N4O3S2/c1-5-11-4-7(12-5)18(15,16)13-9-6(8(10)14)2-3-17-9/h2-4,13H,1H3,(H2,10,14)(H,11,12). The number of thiophene rings is 1. The van der Waals surface area contributed by atoms with Crippen molar-refractivity contribution in [3.63, 3.8) is 0 Å². The highest BCUT2D eigenvalue weighted by Gasteiger charge is 2.20. The Hall–Kier alpha value is -1.87. The van der Waals surface area contributed by atoms with Crippen molar-refractivity contribution in [2.75, 3.05) is 4.72 Å². The molecule has 2 aromatic rings. The predicted molar refractivity (Wildman–Crippen MR) is 67.0 cm³/mol. The zero-order chi connectivity index (χ0) is 13.3. The van der Waals surface area contributed by atoms with E-state index in [1.807, 2.05) is 0 Å². The van der Waals surface area contributed by atoms with Crippen molar-refractivity contribution in [1.29, 1.82) is 0 Å². The predicted octanol–water partition coefficient (Wildman–Crippen LogP) is 0.679. The molecule has 0 unspecified atom stereocenters. The van der Waals surface area contributed by atoms with Gasteiger partial charge in [0, 0.05) is 0 Å². The first-order valence-electron chi connectivity index (χ1n) is 4.82. The number of sulfonamides is 1. The summed E-state index contributed by atoms with van der Waals surface area (Å²) in [5.41, 5.74) is 5.27. The molecule has 0 bridgehead atoms. The number of aromatic amines is 1. The molecule has 0 spiro atoms. The molecule has 96 valence electrons. The summed E-state index contributed by atoms with van der Waals surface area (Å²) in [6.07, 6.45) is 1.20. The van der Waals surface area contributed by atoms with Crippen LogP contribution in [0.5, 0.6) is 0 Å². The summed E-state index contributed by atoms with van der Waals surface area (Å²) < 4.78 is 26.2. The lowest BCUT2D eigenvalue weighted by Gasteiger charge is -2.04. The Kier molecular flexibility index (Phi) is 3.09. The van der Waals surface area contributed by atoms with Crippen LogP contribution >= 0.6 is 11.3 Å². The quantitative estimate of drug-likeness (QED) is 0.765. The molecule has 0 atom stereocenters. The van der Waals surface area contributed by atoms with Crippen LogP contribution in [0.4, 0.5) is 5.00 Å². The van der Waals surface area contributed by atoms with E-state index in [2.05, 4.69) is 14.7 Å². The number of amides is 1. The van der Waals surface area contributed by atoms with E-state index in [1.54, 1.807) is 12.3 Å². The van der Waals surface area contributed by atoms with Crippen LogP contribution in [-0.2, 0) is 10.0 Å². The van der Waals surface area contributed by atoms with Gasteiger partial charge in [-0.2, -0.15) is 8.42 Å². The molecule has 0 saturated carbocycles. The van der Waals surface area contributed by atoms with Crippen LogP contribution in [0.1, 0.15) is 16.2 Å². The number of carbonyl (C=O) groups excluding carboxylic acids is 1. The molecule has 0 saturated heterocycles. The van der Waals surface area contributed by atoms with E-state index in [4.69, 9.17) is 5.73 Å². The van der Waals surface area contributed by atoms with Gasteiger partial charge in [0.1, 0.15) is 10.8 Å². The summed E-state index contributed by atoms with van der Waals surface area (Å²) in [6.45, 7) is 1.64. The van der Waals surface area contributed by atoms with Gasteiger partial charge in [-0.15, -0.1) is 11.3 Å². The number of aromatic nitrogens is 2. The van der Waals surface area contributed by atoms with Gasteiger partial charge in [0.25, 0.3) is 15.9 Å². The van der Waals surface area contributed by atoms with Gasteiger partial charge in [0.15, 0.2) is 5.03 Å². The molecule has 7 nitrogen and oxygen atoms in total.